The summed E-state index contributed by atoms with van der Waals surface area (Å²) in [5.74, 6) is -0.329. The first kappa shape index (κ1) is 18.1. The van der Waals surface area contributed by atoms with Crippen LogP contribution in [0.5, 0.6) is 0 Å². The van der Waals surface area contributed by atoms with E-state index < -0.39 is 11.2 Å². The number of anilines is 1. The number of aryl methyl sites for hydroxylation is 3. The van der Waals surface area contributed by atoms with Crippen molar-refractivity contribution >= 4 is 43.8 Å². The van der Waals surface area contributed by atoms with Crippen LogP contribution in [-0.2, 0) is 25.4 Å². The number of aromatic nitrogens is 5. The second-order valence-electron chi connectivity index (χ2n) is 6.69. The fourth-order valence-electron chi connectivity index (χ4n) is 3.14. The van der Waals surface area contributed by atoms with Crippen molar-refractivity contribution in [2.24, 2.45) is 14.1 Å². The quantitative estimate of drug-likeness (QED) is 0.560. The Labute approximate surface area is 162 Å². The van der Waals surface area contributed by atoms with Crippen molar-refractivity contribution in [2.75, 3.05) is 5.32 Å². The van der Waals surface area contributed by atoms with Gasteiger partial charge in [0.25, 0.3) is 5.56 Å². The summed E-state index contributed by atoms with van der Waals surface area (Å²) in [7, 11) is 2.93. The van der Waals surface area contributed by atoms with Crippen LogP contribution in [0.15, 0.2) is 28.0 Å². The van der Waals surface area contributed by atoms with Gasteiger partial charge < -0.3 is 9.88 Å². The van der Waals surface area contributed by atoms with Crippen LogP contribution in [0, 0.1) is 13.8 Å². The highest BCUT2D eigenvalue weighted by atomic mass is 32.1. The number of carbonyl (C=O) groups excluding carboxylic acids is 1. The third-order valence-corrected chi connectivity index (χ3v) is 5.83. The molecule has 0 saturated carbocycles. The number of carbonyl (C=O) groups is 1. The summed E-state index contributed by atoms with van der Waals surface area (Å²) < 4.78 is 4.75. The molecule has 144 valence electrons. The molecule has 1 aromatic carbocycles. The average molecular weight is 398 g/mol. The Hall–Kier alpha value is -3.27. The highest BCUT2D eigenvalue weighted by Gasteiger charge is 2.17. The minimum Gasteiger partial charge on any atom is -0.315 e. The topological polar surface area (TPSA) is 104 Å². The predicted octanol–water partition coefficient (Wildman–Crippen LogP) is 1.30. The first-order valence-electron chi connectivity index (χ1n) is 8.55. The summed E-state index contributed by atoms with van der Waals surface area (Å²) in [6.45, 7) is 3.87. The lowest BCUT2D eigenvalue weighted by Gasteiger charge is -2.06. The van der Waals surface area contributed by atoms with Gasteiger partial charge in [0.1, 0.15) is 6.54 Å². The predicted molar refractivity (Wildman–Crippen MR) is 108 cm³/mol. The van der Waals surface area contributed by atoms with Crippen LogP contribution in [0.2, 0.25) is 0 Å². The summed E-state index contributed by atoms with van der Waals surface area (Å²) >= 11 is 1.41. The van der Waals surface area contributed by atoms with Crippen molar-refractivity contribution in [1.82, 2.24) is 23.7 Å². The van der Waals surface area contributed by atoms with Crippen LogP contribution >= 0.6 is 11.3 Å². The third kappa shape index (κ3) is 2.73. The van der Waals surface area contributed by atoms with Crippen molar-refractivity contribution in [3.8, 4) is 0 Å². The molecule has 4 aromatic rings. The molecule has 0 spiro atoms. The number of nitrogens with one attached hydrogen (secondary N) is 1. The van der Waals surface area contributed by atoms with Crippen LogP contribution in [0.4, 0.5) is 5.13 Å². The second kappa shape index (κ2) is 6.41. The summed E-state index contributed by atoms with van der Waals surface area (Å²) in [6.07, 6.45) is 1.39. The van der Waals surface area contributed by atoms with E-state index in [-0.39, 0.29) is 23.6 Å². The molecule has 0 unspecified atom stereocenters. The lowest BCUT2D eigenvalue weighted by atomic mass is 10.1. The number of nitrogens with zero attached hydrogens (tertiary/aromatic N) is 5. The summed E-state index contributed by atoms with van der Waals surface area (Å²) in [4.78, 5) is 45.6. The first-order chi connectivity index (χ1) is 13.3. The molecule has 3 heterocycles. The Morgan fingerprint density at radius 3 is 2.57 bits per heavy atom. The molecule has 9 nitrogen and oxygen atoms in total. The molecule has 0 fully saturated rings. The molecule has 0 aliphatic rings. The first-order valence-corrected chi connectivity index (χ1v) is 9.37. The monoisotopic (exact) mass is 398 g/mol. The third-order valence-electron chi connectivity index (χ3n) is 4.72. The molecule has 3 aromatic heterocycles. The van der Waals surface area contributed by atoms with Gasteiger partial charge in [-0.3, -0.25) is 18.7 Å². The molecule has 4 rings (SSSR count). The van der Waals surface area contributed by atoms with E-state index in [1.807, 2.05) is 26.0 Å². The van der Waals surface area contributed by atoms with E-state index in [0.717, 1.165) is 25.9 Å². The van der Waals surface area contributed by atoms with Crippen LogP contribution in [-0.4, -0.2) is 29.6 Å². The van der Waals surface area contributed by atoms with Crippen molar-refractivity contribution in [3.05, 3.63) is 50.4 Å². The molecule has 28 heavy (non-hydrogen) atoms. The molecule has 0 atom stereocenters. The summed E-state index contributed by atoms with van der Waals surface area (Å²) in [5, 5.41) is 3.29. The van der Waals surface area contributed by atoms with Gasteiger partial charge in [-0.1, -0.05) is 23.5 Å². The van der Waals surface area contributed by atoms with Crippen molar-refractivity contribution < 1.29 is 4.79 Å². The van der Waals surface area contributed by atoms with Gasteiger partial charge in [-0.2, -0.15) is 0 Å². The number of hydrogen-bond donors (Lipinski definition) is 1. The Bertz CT molecular complexity index is 1340. The molecule has 0 radical (unpaired) electrons. The van der Waals surface area contributed by atoms with Gasteiger partial charge in [-0.15, -0.1) is 0 Å². The van der Waals surface area contributed by atoms with Gasteiger partial charge in [0.15, 0.2) is 16.3 Å². The van der Waals surface area contributed by atoms with Gasteiger partial charge in [0, 0.05) is 14.1 Å². The molecule has 0 saturated heterocycles. The minimum absolute atomic E-state index is 0.113. The normalized spacial score (nSPS) is 11.4. The zero-order chi connectivity index (χ0) is 20.2. The lowest BCUT2D eigenvalue weighted by Crippen LogP contribution is -2.37. The van der Waals surface area contributed by atoms with E-state index >= 15 is 0 Å². The van der Waals surface area contributed by atoms with Gasteiger partial charge >= 0.3 is 5.69 Å². The fourth-order valence-corrected chi connectivity index (χ4v) is 4.17. The number of fused-ring (bicyclic) bond motifs is 2. The Morgan fingerprint density at radius 2 is 1.86 bits per heavy atom. The zero-order valence-electron chi connectivity index (χ0n) is 15.8. The fraction of sp³-hybridized carbons (Fsp3) is 0.278. The Morgan fingerprint density at radius 1 is 1.14 bits per heavy atom. The molecular weight excluding hydrogens is 380 g/mol. The Kier molecular flexibility index (Phi) is 4.15. The van der Waals surface area contributed by atoms with Crippen LogP contribution in [0.25, 0.3) is 21.4 Å². The Balaban J connectivity index is 1.67. The average Bonchev–Trinajstić information content (AvgIpc) is 3.26. The molecule has 1 amide bonds. The van der Waals surface area contributed by atoms with E-state index in [9.17, 15) is 14.4 Å². The maximum absolute atomic E-state index is 12.5. The molecular formula is C18H18N6O3S. The number of benzene rings is 1. The molecule has 0 aliphatic carbocycles. The summed E-state index contributed by atoms with van der Waals surface area (Å²) in [6, 6.07) is 4.03. The minimum atomic E-state index is -0.491. The van der Waals surface area contributed by atoms with Gasteiger partial charge in [-0.25, -0.2) is 14.8 Å². The van der Waals surface area contributed by atoms with E-state index in [4.69, 9.17) is 0 Å². The number of hydrogen-bond acceptors (Lipinski definition) is 6. The van der Waals surface area contributed by atoms with Crippen LogP contribution < -0.4 is 16.6 Å². The van der Waals surface area contributed by atoms with Gasteiger partial charge in [0.2, 0.25) is 5.91 Å². The van der Waals surface area contributed by atoms with Gasteiger partial charge in [-0.05, 0) is 25.0 Å². The molecule has 1 N–H and O–H groups in total. The largest absolute Gasteiger partial charge is 0.332 e. The van der Waals surface area contributed by atoms with Crippen molar-refractivity contribution in [1.29, 1.82) is 0 Å². The molecule has 10 heteroatoms. The SMILES string of the molecule is Cc1ccc(C)c2sc(NC(=O)Cn3cnc4c3c(=O)n(C)c(=O)n4C)nc12. The molecule has 0 aliphatic heterocycles. The summed E-state index contributed by atoms with van der Waals surface area (Å²) in [5.41, 5.74) is 2.51. The van der Waals surface area contributed by atoms with Crippen molar-refractivity contribution in [2.45, 2.75) is 20.4 Å². The highest BCUT2D eigenvalue weighted by Crippen LogP contribution is 2.30. The maximum atomic E-state index is 12.5. The smallest absolute Gasteiger partial charge is 0.315 e. The van der Waals surface area contributed by atoms with E-state index in [2.05, 4.69) is 15.3 Å². The maximum Gasteiger partial charge on any atom is 0.332 e. The molecule has 0 bridgehead atoms. The zero-order valence-corrected chi connectivity index (χ0v) is 16.6. The van der Waals surface area contributed by atoms with Gasteiger partial charge in [0.05, 0.1) is 16.5 Å². The number of rotatable bonds is 3. The highest BCUT2D eigenvalue weighted by molar-refractivity contribution is 7.22. The number of imidazole rings is 1. The number of amides is 1. The van der Waals surface area contributed by atoms with E-state index in [0.29, 0.717) is 5.13 Å². The van der Waals surface area contributed by atoms with Crippen LogP contribution in [0.3, 0.4) is 0 Å². The van der Waals surface area contributed by atoms with E-state index in [1.54, 1.807) is 0 Å². The lowest BCUT2D eigenvalue weighted by molar-refractivity contribution is -0.116. The second-order valence-corrected chi connectivity index (χ2v) is 7.69. The standard InChI is InChI=1S/C18H18N6O3S/c1-9-5-6-10(2)14-12(9)21-17(28-14)20-11(25)7-24-8-19-15-13(24)16(26)23(4)18(27)22(15)3/h5-6,8H,7H2,1-4H3,(H,20,21,25). The van der Waals surface area contributed by atoms with Crippen molar-refractivity contribution in [3.63, 3.8) is 0 Å². The van der Waals surface area contributed by atoms with E-state index in [1.165, 1.54) is 40.9 Å². The number of thiazole rings is 1. The van der Waals surface area contributed by atoms with Crippen LogP contribution in [0.1, 0.15) is 11.1 Å².